The van der Waals surface area contributed by atoms with E-state index in [1.807, 2.05) is 11.0 Å². The second-order valence-corrected chi connectivity index (χ2v) is 7.73. The largest absolute Gasteiger partial charge is 0.340 e. The number of hydrogen-bond donors (Lipinski definition) is 1. The molecule has 5 heteroatoms. The molecule has 24 heavy (non-hydrogen) atoms. The topological polar surface area (TPSA) is 64.2 Å². The predicted molar refractivity (Wildman–Crippen MR) is 96.9 cm³/mol. The summed E-state index contributed by atoms with van der Waals surface area (Å²) in [5.74, 6) is 1.39. The number of aromatic nitrogens is 2. The Bertz CT molecular complexity index is 741. The average Bonchev–Trinajstić information content (AvgIpc) is 2.93. The first-order chi connectivity index (χ1) is 11.3. The molecule has 0 aliphatic carbocycles. The maximum absolute atomic E-state index is 12.6. The maximum atomic E-state index is 12.6. The van der Waals surface area contributed by atoms with Gasteiger partial charge in [0.15, 0.2) is 0 Å². The number of piperidine rings is 1. The molecule has 1 aliphatic heterocycles. The first kappa shape index (κ1) is 17.0. The van der Waals surface area contributed by atoms with E-state index in [2.05, 4.69) is 36.6 Å². The summed E-state index contributed by atoms with van der Waals surface area (Å²) < 4.78 is 2.32. The van der Waals surface area contributed by atoms with E-state index in [0.717, 1.165) is 30.7 Å². The number of hydrogen-bond acceptors (Lipinski definition) is 3. The van der Waals surface area contributed by atoms with E-state index in [0.29, 0.717) is 12.6 Å². The summed E-state index contributed by atoms with van der Waals surface area (Å²) in [5.41, 5.74) is 7.40. The molecule has 1 aliphatic rings. The van der Waals surface area contributed by atoms with Crippen molar-refractivity contribution in [1.82, 2.24) is 14.5 Å². The van der Waals surface area contributed by atoms with Crippen LogP contribution in [0.1, 0.15) is 58.3 Å². The first-order valence-electron chi connectivity index (χ1n) is 8.84. The van der Waals surface area contributed by atoms with Gasteiger partial charge in [0.2, 0.25) is 5.91 Å². The Labute approximate surface area is 143 Å². The molecule has 0 spiro atoms. The summed E-state index contributed by atoms with van der Waals surface area (Å²) in [7, 11) is 0. The Hall–Kier alpha value is -1.88. The molecular weight excluding hydrogens is 300 g/mol. The molecule has 1 amide bonds. The number of carbonyl (C=O) groups is 1. The van der Waals surface area contributed by atoms with Crippen molar-refractivity contribution in [3.63, 3.8) is 0 Å². The molecule has 130 valence electrons. The molecule has 1 unspecified atom stereocenters. The van der Waals surface area contributed by atoms with E-state index in [1.54, 1.807) is 13.8 Å². The van der Waals surface area contributed by atoms with E-state index < -0.39 is 5.54 Å². The zero-order valence-corrected chi connectivity index (χ0v) is 15.1. The van der Waals surface area contributed by atoms with Gasteiger partial charge in [0.05, 0.1) is 16.6 Å². The van der Waals surface area contributed by atoms with Crippen LogP contribution in [0.5, 0.6) is 0 Å². The zero-order chi connectivity index (χ0) is 17.5. The molecule has 1 atom stereocenters. The number of imidazole rings is 1. The van der Waals surface area contributed by atoms with Gasteiger partial charge in [-0.3, -0.25) is 4.79 Å². The second-order valence-electron chi connectivity index (χ2n) is 7.73. The van der Waals surface area contributed by atoms with Gasteiger partial charge in [-0.2, -0.15) is 0 Å². The summed E-state index contributed by atoms with van der Waals surface area (Å²) >= 11 is 0. The van der Waals surface area contributed by atoms with Gasteiger partial charge < -0.3 is 15.2 Å². The van der Waals surface area contributed by atoms with Crippen molar-refractivity contribution in [2.75, 3.05) is 13.1 Å². The smallest absolute Gasteiger partial charge is 0.242 e. The third kappa shape index (κ3) is 3.05. The van der Waals surface area contributed by atoms with Gasteiger partial charge in [0.1, 0.15) is 5.82 Å². The van der Waals surface area contributed by atoms with Gasteiger partial charge in [0.25, 0.3) is 0 Å². The highest BCUT2D eigenvalue weighted by molar-refractivity contribution is 5.85. The van der Waals surface area contributed by atoms with Crippen LogP contribution in [0.15, 0.2) is 24.3 Å². The van der Waals surface area contributed by atoms with Gasteiger partial charge in [0, 0.05) is 25.0 Å². The fraction of sp³-hybridized carbons (Fsp3) is 0.579. The molecule has 1 fully saturated rings. The lowest BCUT2D eigenvalue weighted by Crippen LogP contribution is -2.53. The van der Waals surface area contributed by atoms with Crippen molar-refractivity contribution < 1.29 is 4.79 Å². The predicted octanol–water partition coefficient (Wildman–Crippen LogP) is 3.06. The molecule has 1 aromatic heterocycles. The number of nitrogens with two attached hydrogens (primary N) is 1. The molecule has 0 bridgehead atoms. The van der Waals surface area contributed by atoms with Crippen molar-refractivity contribution in [2.45, 2.75) is 58.0 Å². The number of fused-ring (bicyclic) bond motifs is 1. The summed E-state index contributed by atoms with van der Waals surface area (Å²) in [4.78, 5) is 19.4. The van der Waals surface area contributed by atoms with E-state index in [1.165, 1.54) is 5.52 Å². The highest BCUT2D eigenvalue weighted by Gasteiger charge is 2.33. The normalized spacial score (nSPS) is 19.2. The molecule has 0 saturated carbocycles. The monoisotopic (exact) mass is 328 g/mol. The summed E-state index contributed by atoms with van der Waals surface area (Å²) in [5, 5.41) is 0. The lowest BCUT2D eigenvalue weighted by molar-refractivity contribution is -0.137. The number of amides is 1. The van der Waals surface area contributed by atoms with Crippen LogP contribution in [0, 0.1) is 0 Å². The van der Waals surface area contributed by atoms with Crippen molar-refractivity contribution >= 4 is 16.9 Å². The maximum Gasteiger partial charge on any atom is 0.242 e. The second kappa shape index (κ2) is 6.20. The molecule has 2 heterocycles. The minimum absolute atomic E-state index is 0.0272. The Morgan fingerprint density at radius 2 is 2.04 bits per heavy atom. The number of para-hydroxylation sites is 2. The molecule has 2 aromatic rings. The Balaban J connectivity index is 1.95. The quantitative estimate of drug-likeness (QED) is 0.942. The standard InChI is InChI=1S/C19H28N4O/c1-13(2)23-16-10-6-5-9-15(16)21-17(23)14-8-7-11-22(12-14)18(24)19(3,4)20/h5-6,9-10,13-14H,7-8,11-12,20H2,1-4H3. The minimum atomic E-state index is -0.819. The van der Waals surface area contributed by atoms with Crippen LogP contribution in [0.4, 0.5) is 0 Å². The summed E-state index contributed by atoms with van der Waals surface area (Å²) in [6.45, 7) is 9.43. The Morgan fingerprint density at radius 1 is 1.33 bits per heavy atom. The zero-order valence-electron chi connectivity index (χ0n) is 15.1. The minimum Gasteiger partial charge on any atom is -0.340 e. The first-order valence-corrected chi connectivity index (χ1v) is 8.84. The Kier molecular flexibility index (Phi) is 4.38. The molecule has 2 N–H and O–H groups in total. The molecule has 0 radical (unpaired) electrons. The number of benzene rings is 1. The van der Waals surface area contributed by atoms with Crippen LogP contribution in [0.3, 0.4) is 0 Å². The van der Waals surface area contributed by atoms with Crippen molar-refractivity contribution in [3.8, 4) is 0 Å². The fourth-order valence-electron chi connectivity index (χ4n) is 3.67. The van der Waals surface area contributed by atoms with Crippen LogP contribution in [0.25, 0.3) is 11.0 Å². The fourth-order valence-corrected chi connectivity index (χ4v) is 3.67. The number of carbonyl (C=O) groups excluding carboxylic acids is 1. The van der Waals surface area contributed by atoms with Gasteiger partial charge in [-0.1, -0.05) is 12.1 Å². The SMILES string of the molecule is CC(C)n1c(C2CCCN(C(=O)C(C)(C)N)C2)nc2ccccc21. The van der Waals surface area contributed by atoms with Gasteiger partial charge in [-0.25, -0.2) is 4.98 Å². The van der Waals surface area contributed by atoms with E-state index >= 15 is 0 Å². The van der Waals surface area contributed by atoms with Gasteiger partial charge in [-0.05, 0) is 52.7 Å². The van der Waals surface area contributed by atoms with E-state index in [4.69, 9.17) is 10.7 Å². The number of likely N-dealkylation sites (tertiary alicyclic amines) is 1. The summed E-state index contributed by atoms with van der Waals surface area (Å²) in [6, 6.07) is 8.61. The van der Waals surface area contributed by atoms with Gasteiger partial charge >= 0.3 is 0 Å². The van der Waals surface area contributed by atoms with Crippen LogP contribution in [-0.4, -0.2) is 39.0 Å². The van der Waals surface area contributed by atoms with Crippen LogP contribution < -0.4 is 5.73 Å². The summed E-state index contributed by atoms with van der Waals surface area (Å²) in [6.07, 6.45) is 2.05. The average molecular weight is 328 g/mol. The lowest BCUT2D eigenvalue weighted by Gasteiger charge is -2.36. The highest BCUT2D eigenvalue weighted by atomic mass is 16.2. The highest BCUT2D eigenvalue weighted by Crippen LogP contribution is 2.32. The molecule has 1 aromatic carbocycles. The molecular formula is C19H28N4O. The number of nitrogens with zero attached hydrogens (tertiary/aromatic N) is 3. The number of rotatable bonds is 3. The Morgan fingerprint density at radius 3 is 2.71 bits per heavy atom. The molecule has 1 saturated heterocycles. The third-order valence-electron chi connectivity index (χ3n) is 4.76. The van der Waals surface area contributed by atoms with Gasteiger partial charge in [-0.15, -0.1) is 0 Å². The van der Waals surface area contributed by atoms with Crippen molar-refractivity contribution in [3.05, 3.63) is 30.1 Å². The molecule has 5 nitrogen and oxygen atoms in total. The van der Waals surface area contributed by atoms with Crippen LogP contribution in [0.2, 0.25) is 0 Å². The van der Waals surface area contributed by atoms with Crippen molar-refractivity contribution in [1.29, 1.82) is 0 Å². The third-order valence-corrected chi connectivity index (χ3v) is 4.76. The van der Waals surface area contributed by atoms with Crippen molar-refractivity contribution in [2.24, 2.45) is 5.73 Å². The van der Waals surface area contributed by atoms with E-state index in [9.17, 15) is 4.79 Å². The van der Waals surface area contributed by atoms with Crippen LogP contribution >= 0.6 is 0 Å². The lowest BCUT2D eigenvalue weighted by atomic mass is 9.94. The molecule has 3 rings (SSSR count). The van der Waals surface area contributed by atoms with Crippen LogP contribution in [-0.2, 0) is 4.79 Å². The van der Waals surface area contributed by atoms with E-state index in [-0.39, 0.29) is 11.8 Å².